The second kappa shape index (κ2) is 9.30. The highest BCUT2D eigenvalue weighted by molar-refractivity contribution is 5.99. The first-order chi connectivity index (χ1) is 13.3. The normalized spacial score (nSPS) is 10.4. The minimum atomic E-state index is -3.23. The lowest BCUT2D eigenvalue weighted by atomic mass is 10.1. The highest BCUT2D eigenvalue weighted by Crippen LogP contribution is 2.35. The maximum atomic E-state index is 12.4. The van der Waals surface area contributed by atoms with Crippen molar-refractivity contribution in [1.29, 1.82) is 0 Å². The van der Waals surface area contributed by atoms with Gasteiger partial charge in [-0.2, -0.15) is 8.78 Å². The van der Waals surface area contributed by atoms with Crippen LogP contribution in [-0.4, -0.2) is 43.5 Å². The van der Waals surface area contributed by atoms with Crippen LogP contribution in [-0.2, 0) is 0 Å². The number of nitro groups is 1. The molecule has 2 rings (SSSR count). The third kappa shape index (κ3) is 5.16. The van der Waals surface area contributed by atoms with Crippen LogP contribution in [0.4, 0.5) is 14.5 Å². The van der Waals surface area contributed by atoms with Gasteiger partial charge in [0.05, 0.1) is 24.4 Å². The van der Waals surface area contributed by atoms with Gasteiger partial charge in [-0.25, -0.2) is 0 Å². The molecule has 0 unspecified atom stereocenters. The zero-order valence-corrected chi connectivity index (χ0v) is 14.4. The van der Waals surface area contributed by atoms with Crippen molar-refractivity contribution in [2.24, 2.45) is 0 Å². The summed E-state index contributed by atoms with van der Waals surface area (Å²) in [4.78, 5) is 34.2. The largest absolute Gasteiger partial charge is 0.493 e. The summed E-state index contributed by atoms with van der Waals surface area (Å²) < 4.78 is 38.8. The number of halogens is 2. The molecule has 0 aliphatic carbocycles. The van der Waals surface area contributed by atoms with Crippen molar-refractivity contribution in [3.8, 4) is 11.5 Å². The Labute approximate surface area is 156 Å². The maximum absolute atomic E-state index is 12.4. The van der Waals surface area contributed by atoms with E-state index >= 15 is 0 Å². The number of amides is 2. The zero-order valence-electron chi connectivity index (χ0n) is 14.4. The van der Waals surface area contributed by atoms with Gasteiger partial charge in [0, 0.05) is 19.2 Å². The van der Waals surface area contributed by atoms with Gasteiger partial charge in [-0.05, 0) is 12.1 Å². The number of carbonyl (C=O) groups excluding carboxylic acids is 2. The molecular weight excluding hydrogens is 384 g/mol. The van der Waals surface area contributed by atoms with Gasteiger partial charge in [0.25, 0.3) is 17.5 Å². The Balaban J connectivity index is 2.06. The topological polar surface area (TPSA) is 133 Å². The van der Waals surface area contributed by atoms with Gasteiger partial charge in [-0.3, -0.25) is 19.7 Å². The van der Waals surface area contributed by atoms with Gasteiger partial charge in [0.15, 0.2) is 17.3 Å². The summed E-state index contributed by atoms with van der Waals surface area (Å²) in [5, 5.41) is 16.0. The number of ether oxygens (including phenoxy) is 2. The van der Waals surface area contributed by atoms with Crippen molar-refractivity contribution >= 4 is 17.5 Å². The minimum absolute atomic E-state index is 0.0166. The lowest BCUT2D eigenvalue weighted by Crippen LogP contribution is -2.34. The van der Waals surface area contributed by atoms with Crippen LogP contribution in [0.2, 0.25) is 0 Å². The number of rotatable bonds is 9. The molecule has 0 atom stereocenters. The number of furan rings is 1. The maximum Gasteiger partial charge on any atom is 0.387 e. The summed E-state index contributed by atoms with van der Waals surface area (Å²) in [5.41, 5.74) is -1.16. The molecule has 10 nitrogen and oxygen atoms in total. The first-order valence-electron chi connectivity index (χ1n) is 7.74. The van der Waals surface area contributed by atoms with Gasteiger partial charge in [0.2, 0.25) is 0 Å². The molecule has 2 N–H and O–H groups in total. The van der Waals surface area contributed by atoms with Gasteiger partial charge in [0.1, 0.15) is 5.56 Å². The van der Waals surface area contributed by atoms with Crippen LogP contribution in [0.1, 0.15) is 20.9 Å². The fourth-order valence-electron chi connectivity index (χ4n) is 2.17. The predicted octanol–water partition coefficient (Wildman–Crippen LogP) is 1.96. The van der Waals surface area contributed by atoms with E-state index in [4.69, 9.17) is 9.15 Å². The second-order valence-electron chi connectivity index (χ2n) is 5.14. The minimum Gasteiger partial charge on any atom is -0.493 e. The van der Waals surface area contributed by atoms with E-state index in [-0.39, 0.29) is 24.6 Å². The Morgan fingerprint density at radius 2 is 1.89 bits per heavy atom. The van der Waals surface area contributed by atoms with Crippen molar-refractivity contribution in [3.05, 3.63) is 52.0 Å². The fourth-order valence-corrected chi connectivity index (χ4v) is 2.17. The number of carbonyl (C=O) groups is 2. The van der Waals surface area contributed by atoms with Crippen LogP contribution in [0.25, 0.3) is 0 Å². The SMILES string of the molecule is COc1cc(C(=O)NCCNC(=O)c2ccco2)c([N+](=O)[O-])cc1OC(F)F. The van der Waals surface area contributed by atoms with E-state index in [0.717, 1.165) is 13.2 Å². The van der Waals surface area contributed by atoms with Crippen molar-refractivity contribution in [3.63, 3.8) is 0 Å². The van der Waals surface area contributed by atoms with Gasteiger partial charge >= 0.3 is 6.61 Å². The summed E-state index contributed by atoms with van der Waals surface area (Å²) in [5.74, 6) is -2.13. The first kappa shape index (κ1) is 20.6. The molecule has 150 valence electrons. The predicted molar refractivity (Wildman–Crippen MR) is 89.7 cm³/mol. The van der Waals surface area contributed by atoms with Crippen LogP contribution in [0.5, 0.6) is 11.5 Å². The van der Waals surface area contributed by atoms with Crippen LogP contribution >= 0.6 is 0 Å². The summed E-state index contributed by atoms with van der Waals surface area (Å²) in [6.45, 7) is -3.27. The van der Waals surface area contributed by atoms with Crippen molar-refractivity contribution in [2.45, 2.75) is 6.61 Å². The third-order valence-corrected chi connectivity index (χ3v) is 3.38. The van der Waals surface area contributed by atoms with E-state index in [0.29, 0.717) is 6.07 Å². The Morgan fingerprint density at radius 3 is 2.43 bits per heavy atom. The molecule has 1 heterocycles. The highest BCUT2D eigenvalue weighted by atomic mass is 19.3. The molecule has 0 saturated heterocycles. The lowest BCUT2D eigenvalue weighted by Gasteiger charge is -2.12. The fraction of sp³-hybridized carbons (Fsp3) is 0.250. The molecule has 2 aromatic rings. The molecule has 0 aliphatic rings. The van der Waals surface area contributed by atoms with Gasteiger partial charge in [-0.15, -0.1) is 0 Å². The zero-order chi connectivity index (χ0) is 20.7. The van der Waals surface area contributed by atoms with E-state index in [2.05, 4.69) is 15.4 Å². The molecular formula is C16H15F2N3O7. The molecule has 28 heavy (non-hydrogen) atoms. The van der Waals surface area contributed by atoms with Crippen LogP contribution in [0.15, 0.2) is 34.9 Å². The lowest BCUT2D eigenvalue weighted by molar-refractivity contribution is -0.385. The van der Waals surface area contributed by atoms with E-state index in [1.54, 1.807) is 0 Å². The molecule has 12 heteroatoms. The number of hydrogen-bond acceptors (Lipinski definition) is 7. The molecule has 0 saturated carbocycles. The van der Waals surface area contributed by atoms with E-state index < -0.39 is 40.3 Å². The number of nitrogens with zero attached hydrogens (tertiary/aromatic N) is 1. The Morgan fingerprint density at radius 1 is 1.21 bits per heavy atom. The molecule has 0 aliphatic heterocycles. The standard InChI is InChI=1S/C16H15F2N3O7/c1-26-12-7-9(10(21(24)25)8-13(12)28-16(17)18)14(22)19-4-5-20-15(23)11-3-2-6-27-11/h2-3,6-8,16H,4-5H2,1H3,(H,19,22)(H,20,23). The number of nitro benzene ring substituents is 1. The number of benzene rings is 1. The summed E-state index contributed by atoms with van der Waals surface area (Å²) in [6, 6.07) is 4.59. The van der Waals surface area contributed by atoms with E-state index in [1.807, 2.05) is 0 Å². The Hall–Kier alpha value is -3.70. The molecule has 1 aromatic carbocycles. The summed E-state index contributed by atoms with van der Waals surface area (Å²) >= 11 is 0. The van der Waals surface area contributed by atoms with Crippen LogP contribution < -0.4 is 20.1 Å². The summed E-state index contributed by atoms with van der Waals surface area (Å²) in [7, 11) is 1.13. The summed E-state index contributed by atoms with van der Waals surface area (Å²) in [6.07, 6.45) is 1.32. The molecule has 1 aromatic heterocycles. The van der Waals surface area contributed by atoms with Crippen molar-refractivity contribution < 1.29 is 37.2 Å². The molecule has 0 fully saturated rings. The van der Waals surface area contributed by atoms with Crippen LogP contribution in [0.3, 0.4) is 0 Å². The Bertz CT molecular complexity index is 856. The number of alkyl halides is 2. The van der Waals surface area contributed by atoms with E-state index in [9.17, 15) is 28.5 Å². The first-order valence-corrected chi connectivity index (χ1v) is 7.74. The Kier molecular flexibility index (Phi) is 6.84. The number of hydrogen-bond donors (Lipinski definition) is 2. The number of methoxy groups -OCH3 is 1. The highest BCUT2D eigenvalue weighted by Gasteiger charge is 2.25. The van der Waals surface area contributed by atoms with Gasteiger partial charge in [-0.1, -0.05) is 0 Å². The van der Waals surface area contributed by atoms with Gasteiger partial charge < -0.3 is 24.5 Å². The molecule has 0 bridgehead atoms. The molecule has 2 amide bonds. The van der Waals surface area contributed by atoms with Crippen molar-refractivity contribution in [2.75, 3.05) is 20.2 Å². The average Bonchev–Trinajstić information content (AvgIpc) is 3.18. The molecule has 0 radical (unpaired) electrons. The van der Waals surface area contributed by atoms with Crippen molar-refractivity contribution in [1.82, 2.24) is 10.6 Å². The van der Waals surface area contributed by atoms with Crippen LogP contribution in [0, 0.1) is 10.1 Å². The third-order valence-electron chi connectivity index (χ3n) is 3.38. The molecule has 0 spiro atoms. The average molecular weight is 399 g/mol. The van der Waals surface area contributed by atoms with E-state index in [1.165, 1.54) is 18.4 Å². The smallest absolute Gasteiger partial charge is 0.387 e. The number of nitrogens with one attached hydrogen (secondary N) is 2. The second-order valence-corrected chi connectivity index (χ2v) is 5.14. The quantitative estimate of drug-likeness (QED) is 0.374. The monoisotopic (exact) mass is 399 g/mol.